The zero-order valence-electron chi connectivity index (χ0n) is 11.6. The average Bonchev–Trinajstić information content (AvgIpc) is 2.35. The number of nitrogens with two attached hydrogens (primary N) is 1. The Balaban J connectivity index is 2.20. The highest BCUT2D eigenvalue weighted by Gasteiger charge is 2.25. The van der Waals surface area contributed by atoms with E-state index in [2.05, 4.69) is 55.6 Å². The van der Waals surface area contributed by atoms with Crippen LogP contribution in [0.15, 0.2) is 18.2 Å². The summed E-state index contributed by atoms with van der Waals surface area (Å²) >= 11 is 2.08. The van der Waals surface area contributed by atoms with E-state index in [1.54, 1.807) is 0 Å². The monoisotopic (exact) mass is 264 g/mol. The number of anilines is 1. The summed E-state index contributed by atoms with van der Waals surface area (Å²) < 4.78 is 0. The fraction of sp³-hybridized carbons (Fsp3) is 0.600. The molecule has 1 fully saturated rings. The number of nitrogens with zero attached hydrogens (tertiary/aromatic N) is 1. The fourth-order valence-electron chi connectivity index (χ4n) is 2.59. The first-order valence-corrected chi connectivity index (χ1v) is 7.86. The Labute approximate surface area is 115 Å². The Morgan fingerprint density at radius 3 is 2.83 bits per heavy atom. The Morgan fingerprint density at radius 2 is 2.17 bits per heavy atom. The summed E-state index contributed by atoms with van der Waals surface area (Å²) in [5.74, 6) is 1.23. The van der Waals surface area contributed by atoms with Crippen LogP contribution >= 0.6 is 11.8 Å². The lowest BCUT2D eigenvalue weighted by Gasteiger charge is -2.39. The molecule has 0 radical (unpaired) electrons. The second-order valence-electron chi connectivity index (χ2n) is 5.16. The summed E-state index contributed by atoms with van der Waals surface area (Å²) in [6, 6.07) is 7.45. The molecule has 0 amide bonds. The third-order valence-corrected chi connectivity index (χ3v) is 5.29. The number of hydrogen-bond donors (Lipinski definition) is 1. The van der Waals surface area contributed by atoms with Crippen LogP contribution in [-0.2, 0) is 6.42 Å². The zero-order valence-corrected chi connectivity index (χ0v) is 12.5. The molecule has 1 heterocycles. The minimum absolute atomic E-state index is 0.614. The van der Waals surface area contributed by atoms with Gasteiger partial charge in [-0.3, -0.25) is 0 Å². The molecule has 1 aliphatic heterocycles. The largest absolute Gasteiger partial charge is 0.367 e. The topological polar surface area (TPSA) is 29.3 Å². The number of rotatable bonds is 3. The van der Waals surface area contributed by atoms with E-state index in [0.29, 0.717) is 11.3 Å². The minimum Gasteiger partial charge on any atom is -0.367 e. The van der Waals surface area contributed by atoms with Crippen LogP contribution in [0.3, 0.4) is 0 Å². The predicted molar refractivity (Wildman–Crippen MR) is 82.7 cm³/mol. The van der Waals surface area contributed by atoms with Gasteiger partial charge < -0.3 is 10.6 Å². The summed E-state index contributed by atoms with van der Waals surface area (Å²) in [7, 11) is 0. The van der Waals surface area contributed by atoms with Crippen molar-refractivity contribution in [3.05, 3.63) is 29.3 Å². The third-order valence-electron chi connectivity index (χ3n) is 3.96. The van der Waals surface area contributed by atoms with Crippen LogP contribution in [0.25, 0.3) is 0 Å². The second kappa shape index (κ2) is 5.98. The van der Waals surface area contributed by atoms with Gasteiger partial charge in [0.25, 0.3) is 0 Å². The average molecular weight is 264 g/mol. The van der Waals surface area contributed by atoms with Crippen molar-refractivity contribution in [2.45, 2.75) is 38.5 Å². The molecule has 2 N–H and O–H groups in total. The van der Waals surface area contributed by atoms with Crippen molar-refractivity contribution in [1.82, 2.24) is 0 Å². The lowest BCUT2D eigenvalue weighted by Crippen LogP contribution is -2.44. The van der Waals surface area contributed by atoms with Gasteiger partial charge in [-0.05, 0) is 50.1 Å². The molecule has 0 bridgehead atoms. The molecule has 18 heavy (non-hydrogen) atoms. The van der Waals surface area contributed by atoms with Crippen molar-refractivity contribution in [2.75, 3.05) is 23.7 Å². The van der Waals surface area contributed by atoms with Crippen LogP contribution in [-0.4, -0.2) is 30.1 Å². The molecule has 100 valence electrons. The van der Waals surface area contributed by atoms with Crippen LogP contribution in [0.1, 0.15) is 25.0 Å². The van der Waals surface area contributed by atoms with Crippen molar-refractivity contribution < 1.29 is 0 Å². The molecular weight excluding hydrogens is 240 g/mol. The first-order chi connectivity index (χ1) is 8.63. The van der Waals surface area contributed by atoms with E-state index >= 15 is 0 Å². The van der Waals surface area contributed by atoms with Crippen LogP contribution < -0.4 is 10.6 Å². The molecule has 3 heteroatoms. The first kappa shape index (κ1) is 13.8. The molecule has 0 aromatic heterocycles. The Morgan fingerprint density at radius 1 is 1.39 bits per heavy atom. The van der Waals surface area contributed by atoms with Crippen molar-refractivity contribution in [1.29, 1.82) is 0 Å². The maximum atomic E-state index is 5.64. The van der Waals surface area contributed by atoms with Gasteiger partial charge in [-0.25, -0.2) is 0 Å². The zero-order chi connectivity index (χ0) is 13.1. The molecule has 1 aliphatic rings. The Bertz CT molecular complexity index is 405. The van der Waals surface area contributed by atoms with Gasteiger partial charge in [0.15, 0.2) is 0 Å². The molecule has 0 spiro atoms. The van der Waals surface area contributed by atoms with Gasteiger partial charge in [0, 0.05) is 29.3 Å². The maximum Gasteiger partial charge on any atom is 0.0378 e. The molecule has 1 aromatic rings. The summed E-state index contributed by atoms with van der Waals surface area (Å²) in [5.41, 5.74) is 9.76. The standard InChI is InChI=1S/C15H24N2S/c1-11-10-15(5-4-14(11)6-7-16)17-8-9-18-13(3)12(17)2/h4-5,10,12-13H,6-9,16H2,1-3H3. The SMILES string of the molecule is Cc1cc(N2CCSC(C)C2C)ccc1CCN. The van der Waals surface area contributed by atoms with Gasteiger partial charge in [0.2, 0.25) is 0 Å². The fourth-order valence-corrected chi connectivity index (χ4v) is 3.69. The van der Waals surface area contributed by atoms with Gasteiger partial charge in [-0.1, -0.05) is 13.0 Å². The summed E-state index contributed by atoms with van der Waals surface area (Å²) in [6.45, 7) is 8.75. The molecular formula is C15H24N2S. The molecule has 1 saturated heterocycles. The highest BCUT2D eigenvalue weighted by atomic mass is 32.2. The molecule has 2 atom stereocenters. The lowest BCUT2D eigenvalue weighted by molar-refractivity contribution is 0.627. The first-order valence-electron chi connectivity index (χ1n) is 6.81. The quantitative estimate of drug-likeness (QED) is 0.910. The molecule has 0 aliphatic carbocycles. The van der Waals surface area contributed by atoms with Crippen molar-refractivity contribution >= 4 is 17.4 Å². The van der Waals surface area contributed by atoms with Crippen LogP contribution in [0.5, 0.6) is 0 Å². The summed E-state index contributed by atoms with van der Waals surface area (Å²) in [4.78, 5) is 2.54. The third kappa shape index (κ3) is 2.83. The highest BCUT2D eigenvalue weighted by molar-refractivity contribution is 8.00. The summed E-state index contributed by atoms with van der Waals surface area (Å²) in [5, 5.41) is 0.711. The van der Waals surface area contributed by atoms with E-state index < -0.39 is 0 Å². The maximum absolute atomic E-state index is 5.64. The second-order valence-corrected chi connectivity index (χ2v) is 6.64. The van der Waals surface area contributed by atoms with E-state index in [0.717, 1.165) is 19.5 Å². The number of hydrogen-bond acceptors (Lipinski definition) is 3. The van der Waals surface area contributed by atoms with Gasteiger partial charge in [0.05, 0.1) is 0 Å². The molecule has 2 rings (SSSR count). The van der Waals surface area contributed by atoms with E-state index in [1.807, 2.05) is 0 Å². The Hall–Kier alpha value is -0.670. The van der Waals surface area contributed by atoms with Crippen LogP contribution in [0, 0.1) is 6.92 Å². The molecule has 2 nitrogen and oxygen atoms in total. The van der Waals surface area contributed by atoms with Crippen molar-refractivity contribution in [2.24, 2.45) is 5.73 Å². The van der Waals surface area contributed by atoms with E-state index in [4.69, 9.17) is 5.73 Å². The van der Waals surface area contributed by atoms with E-state index in [9.17, 15) is 0 Å². The van der Waals surface area contributed by atoms with Gasteiger partial charge in [-0.2, -0.15) is 11.8 Å². The van der Waals surface area contributed by atoms with Gasteiger partial charge in [0.1, 0.15) is 0 Å². The Kier molecular flexibility index (Phi) is 4.57. The van der Waals surface area contributed by atoms with Crippen LogP contribution in [0.4, 0.5) is 5.69 Å². The van der Waals surface area contributed by atoms with Crippen molar-refractivity contribution in [3.63, 3.8) is 0 Å². The lowest BCUT2D eigenvalue weighted by atomic mass is 10.0. The molecule has 2 unspecified atom stereocenters. The van der Waals surface area contributed by atoms with Gasteiger partial charge in [-0.15, -0.1) is 0 Å². The van der Waals surface area contributed by atoms with Crippen molar-refractivity contribution in [3.8, 4) is 0 Å². The predicted octanol–water partition coefficient (Wildman–Crippen LogP) is 2.83. The molecule has 0 saturated carbocycles. The number of aryl methyl sites for hydroxylation is 1. The van der Waals surface area contributed by atoms with E-state index in [-0.39, 0.29) is 0 Å². The molecule has 1 aromatic carbocycles. The number of benzene rings is 1. The van der Waals surface area contributed by atoms with Gasteiger partial charge >= 0.3 is 0 Å². The normalized spacial score (nSPS) is 24.3. The smallest absolute Gasteiger partial charge is 0.0378 e. The number of thioether (sulfide) groups is 1. The minimum atomic E-state index is 0.614. The van der Waals surface area contributed by atoms with E-state index in [1.165, 1.54) is 22.6 Å². The summed E-state index contributed by atoms with van der Waals surface area (Å²) in [6.07, 6.45) is 0.980. The van der Waals surface area contributed by atoms with Crippen LogP contribution in [0.2, 0.25) is 0 Å². The highest BCUT2D eigenvalue weighted by Crippen LogP contribution is 2.30.